The molecule has 0 saturated heterocycles. The van der Waals surface area contributed by atoms with Crippen molar-refractivity contribution in [1.82, 2.24) is 5.32 Å². The van der Waals surface area contributed by atoms with Crippen LogP contribution in [0.3, 0.4) is 0 Å². The SMILES string of the molecule is O=C(NC(=S)Nc1cc(Cl)c(Cl)cc1Cl)c1ccc([N+](=O)[O-])cc1. The Morgan fingerprint density at radius 3 is 2.21 bits per heavy atom. The molecule has 0 spiro atoms. The minimum absolute atomic E-state index is 0.0151. The summed E-state index contributed by atoms with van der Waals surface area (Å²) in [6.45, 7) is 0. The molecule has 10 heteroatoms. The Kier molecular flexibility index (Phi) is 5.95. The number of nitro benzene ring substituents is 1. The largest absolute Gasteiger partial charge is 0.331 e. The Hall–Kier alpha value is -1.93. The molecule has 0 aliphatic rings. The van der Waals surface area contributed by atoms with E-state index in [4.69, 9.17) is 47.0 Å². The first kappa shape index (κ1) is 18.4. The number of carbonyl (C=O) groups excluding carboxylic acids is 1. The van der Waals surface area contributed by atoms with Crippen LogP contribution in [0.25, 0.3) is 0 Å². The number of amides is 1. The van der Waals surface area contributed by atoms with Crippen LogP contribution in [0.4, 0.5) is 11.4 Å². The summed E-state index contributed by atoms with van der Waals surface area (Å²) in [5.41, 5.74) is 0.472. The fraction of sp³-hybridized carbons (Fsp3) is 0. The molecule has 0 aliphatic heterocycles. The highest BCUT2D eigenvalue weighted by atomic mass is 35.5. The number of benzene rings is 2. The number of nitro groups is 1. The molecular formula is C14H8Cl3N3O3S. The highest BCUT2D eigenvalue weighted by Gasteiger charge is 2.12. The maximum Gasteiger partial charge on any atom is 0.269 e. The van der Waals surface area contributed by atoms with Gasteiger partial charge in [0.05, 0.1) is 25.7 Å². The van der Waals surface area contributed by atoms with Gasteiger partial charge in [0.1, 0.15) is 0 Å². The molecule has 0 radical (unpaired) electrons. The van der Waals surface area contributed by atoms with Crippen molar-refractivity contribution in [3.05, 3.63) is 67.1 Å². The van der Waals surface area contributed by atoms with E-state index in [0.29, 0.717) is 5.69 Å². The van der Waals surface area contributed by atoms with Crippen molar-refractivity contribution in [3.8, 4) is 0 Å². The van der Waals surface area contributed by atoms with Gasteiger partial charge in [-0.05, 0) is 36.5 Å². The van der Waals surface area contributed by atoms with E-state index in [-0.39, 0.29) is 31.4 Å². The molecule has 2 aromatic rings. The molecule has 1 amide bonds. The van der Waals surface area contributed by atoms with Gasteiger partial charge in [0.2, 0.25) is 0 Å². The van der Waals surface area contributed by atoms with E-state index in [1.54, 1.807) is 0 Å². The summed E-state index contributed by atoms with van der Waals surface area (Å²) in [5.74, 6) is -0.529. The molecule has 0 unspecified atom stereocenters. The third-order valence-electron chi connectivity index (χ3n) is 2.83. The minimum Gasteiger partial charge on any atom is -0.331 e. The second kappa shape index (κ2) is 7.76. The van der Waals surface area contributed by atoms with Crippen molar-refractivity contribution < 1.29 is 9.72 Å². The number of anilines is 1. The molecule has 2 rings (SSSR count). The van der Waals surface area contributed by atoms with Crippen LogP contribution in [0.2, 0.25) is 15.1 Å². The zero-order valence-electron chi connectivity index (χ0n) is 11.7. The van der Waals surface area contributed by atoms with Gasteiger partial charge in [0, 0.05) is 17.7 Å². The Bertz CT molecular complexity index is 828. The number of rotatable bonds is 3. The average molecular weight is 405 g/mol. The van der Waals surface area contributed by atoms with Crippen LogP contribution in [0.5, 0.6) is 0 Å². The molecule has 0 atom stereocenters. The third-order valence-corrected chi connectivity index (χ3v) is 4.06. The number of nitrogens with zero attached hydrogens (tertiary/aromatic N) is 1. The molecule has 0 heterocycles. The summed E-state index contributed by atoms with van der Waals surface area (Å²) in [6, 6.07) is 8.00. The monoisotopic (exact) mass is 403 g/mol. The first-order valence-corrected chi connectivity index (χ1v) is 7.83. The number of carbonyl (C=O) groups is 1. The van der Waals surface area contributed by atoms with Crippen molar-refractivity contribution in [3.63, 3.8) is 0 Å². The van der Waals surface area contributed by atoms with Gasteiger partial charge >= 0.3 is 0 Å². The zero-order valence-corrected chi connectivity index (χ0v) is 14.8. The topological polar surface area (TPSA) is 84.3 Å². The predicted molar refractivity (Wildman–Crippen MR) is 98.3 cm³/mol. The van der Waals surface area contributed by atoms with Gasteiger partial charge in [-0.15, -0.1) is 0 Å². The van der Waals surface area contributed by atoms with Crippen LogP contribution in [-0.4, -0.2) is 15.9 Å². The smallest absolute Gasteiger partial charge is 0.269 e. The van der Waals surface area contributed by atoms with E-state index in [2.05, 4.69) is 10.6 Å². The highest BCUT2D eigenvalue weighted by molar-refractivity contribution is 7.80. The highest BCUT2D eigenvalue weighted by Crippen LogP contribution is 2.32. The molecule has 124 valence electrons. The number of nitrogens with one attached hydrogen (secondary N) is 2. The van der Waals surface area contributed by atoms with Gasteiger partial charge in [0.15, 0.2) is 5.11 Å². The summed E-state index contributed by atoms with van der Waals surface area (Å²) < 4.78 is 0. The average Bonchev–Trinajstić information content (AvgIpc) is 2.52. The Morgan fingerprint density at radius 1 is 1.04 bits per heavy atom. The molecule has 2 N–H and O–H groups in total. The van der Waals surface area contributed by atoms with E-state index in [1.165, 1.54) is 36.4 Å². The molecule has 0 bridgehead atoms. The van der Waals surface area contributed by atoms with Gasteiger partial charge in [-0.25, -0.2) is 0 Å². The van der Waals surface area contributed by atoms with E-state index in [1.807, 2.05) is 0 Å². The van der Waals surface area contributed by atoms with Crippen LogP contribution in [-0.2, 0) is 0 Å². The lowest BCUT2D eigenvalue weighted by Gasteiger charge is -2.12. The summed E-state index contributed by atoms with van der Waals surface area (Å²) >= 11 is 22.8. The molecule has 0 aromatic heterocycles. The number of hydrogen-bond donors (Lipinski definition) is 2. The fourth-order valence-electron chi connectivity index (χ4n) is 1.68. The van der Waals surface area contributed by atoms with E-state index < -0.39 is 10.8 Å². The molecule has 0 fully saturated rings. The second-order valence-corrected chi connectivity index (χ2v) is 6.09. The summed E-state index contributed by atoms with van der Waals surface area (Å²) in [7, 11) is 0. The third kappa shape index (κ3) is 4.55. The van der Waals surface area contributed by atoms with Crippen LogP contribution in [0, 0.1) is 10.1 Å². The number of non-ortho nitro benzene ring substituents is 1. The minimum atomic E-state index is -0.555. The normalized spacial score (nSPS) is 10.1. The maximum atomic E-state index is 12.0. The summed E-state index contributed by atoms with van der Waals surface area (Å²) in [5, 5.41) is 16.6. The second-order valence-electron chi connectivity index (χ2n) is 4.46. The number of thiocarbonyl (C=S) groups is 1. The standard InChI is InChI=1S/C14H8Cl3N3O3S/c15-9-5-11(17)12(6-10(9)16)18-14(24)19-13(21)7-1-3-8(4-2-7)20(22)23/h1-6H,(H2,18,19,21,24). The van der Waals surface area contributed by atoms with E-state index >= 15 is 0 Å². The lowest BCUT2D eigenvalue weighted by Crippen LogP contribution is -2.34. The maximum absolute atomic E-state index is 12.0. The molecule has 24 heavy (non-hydrogen) atoms. The van der Waals surface area contributed by atoms with E-state index in [9.17, 15) is 14.9 Å². The van der Waals surface area contributed by atoms with Crippen molar-refractivity contribution in [2.45, 2.75) is 0 Å². The van der Waals surface area contributed by atoms with Crippen LogP contribution in [0.1, 0.15) is 10.4 Å². The van der Waals surface area contributed by atoms with Crippen LogP contribution in [0.15, 0.2) is 36.4 Å². The lowest BCUT2D eigenvalue weighted by atomic mass is 10.2. The Balaban J connectivity index is 2.05. The Morgan fingerprint density at radius 2 is 1.62 bits per heavy atom. The van der Waals surface area contributed by atoms with Crippen molar-refractivity contribution in [2.75, 3.05) is 5.32 Å². The quantitative estimate of drug-likeness (QED) is 0.336. The molecular weight excluding hydrogens is 397 g/mol. The van der Waals surface area contributed by atoms with Crippen molar-refractivity contribution in [1.29, 1.82) is 0 Å². The lowest BCUT2D eigenvalue weighted by molar-refractivity contribution is -0.384. The van der Waals surface area contributed by atoms with Gasteiger partial charge in [-0.2, -0.15) is 0 Å². The summed E-state index contributed by atoms with van der Waals surface area (Å²) in [6.07, 6.45) is 0. The predicted octanol–water partition coefficient (Wildman–Crippen LogP) is 4.68. The first-order chi connectivity index (χ1) is 11.3. The van der Waals surface area contributed by atoms with Crippen LogP contribution < -0.4 is 10.6 Å². The number of halogens is 3. The van der Waals surface area contributed by atoms with Gasteiger partial charge in [-0.3, -0.25) is 20.2 Å². The molecule has 6 nitrogen and oxygen atoms in total. The Labute approximate surface area is 156 Å². The molecule has 0 saturated carbocycles. The summed E-state index contributed by atoms with van der Waals surface area (Å²) in [4.78, 5) is 22.1. The molecule has 0 aliphatic carbocycles. The first-order valence-electron chi connectivity index (χ1n) is 6.29. The van der Waals surface area contributed by atoms with Gasteiger partial charge in [0.25, 0.3) is 11.6 Å². The zero-order chi connectivity index (χ0) is 17.9. The fourth-order valence-corrected chi connectivity index (χ4v) is 2.48. The van der Waals surface area contributed by atoms with E-state index in [0.717, 1.165) is 0 Å². The van der Waals surface area contributed by atoms with Crippen molar-refractivity contribution >= 4 is 69.4 Å². The van der Waals surface area contributed by atoms with Crippen molar-refractivity contribution in [2.24, 2.45) is 0 Å². The van der Waals surface area contributed by atoms with Gasteiger partial charge < -0.3 is 5.32 Å². The van der Waals surface area contributed by atoms with Crippen LogP contribution >= 0.6 is 47.0 Å². The molecule has 2 aromatic carbocycles. The number of hydrogen-bond acceptors (Lipinski definition) is 4. The van der Waals surface area contributed by atoms with Gasteiger partial charge in [-0.1, -0.05) is 34.8 Å².